The third kappa shape index (κ3) is 9.31. The Morgan fingerprint density at radius 3 is 2.28 bits per heavy atom. The van der Waals surface area contributed by atoms with Crippen LogP contribution in [0.25, 0.3) is 0 Å². The molecule has 3 aliphatic heterocycles. The Morgan fingerprint density at radius 1 is 0.906 bits per heavy atom. The van der Waals surface area contributed by atoms with Gasteiger partial charge < -0.3 is 34.2 Å². The summed E-state index contributed by atoms with van der Waals surface area (Å²) < 4.78 is 28.5. The number of aromatic nitrogens is 1. The van der Waals surface area contributed by atoms with Crippen molar-refractivity contribution in [3.63, 3.8) is 0 Å². The number of rotatable bonds is 14. The van der Waals surface area contributed by atoms with Gasteiger partial charge in [0.25, 0.3) is 0 Å². The van der Waals surface area contributed by atoms with Crippen molar-refractivity contribution in [2.45, 2.75) is 37.5 Å². The Labute approximate surface area is 317 Å². The second-order valence-corrected chi connectivity index (χ2v) is 13.7. The van der Waals surface area contributed by atoms with Crippen LogP contribution in [0.4, 0.5) is 5.69 Å². The maximum Gasteiger partial charge on any atom is 0.344 e. The van der Waals surface area contributed by atoms with E-state index in [1.54, 1.807) is 36.4 Å². The van der Waals surface area contributed by atoms with Crippen molar-refractivity contribution >= 4 is 46.8 Å². The number of fused-ring (bicyclic) bond motifs is 3. The molecular formula is C39H39Cl2N3O9. The van der Waals surface area contributed by atoms with Crippen molar-refractivity contribution < 1.29 is 42.8 Å². The fourth-order valence-corrected chi connectivity index (χ4v) is 7.28. The van der Waals surface area contributed by atoms with Gasteiger partial charge in [-0.2, -0.15) is 4.73 Å². The quantitative estimate of drug-likeness (QED) is 0.0688. The third-order valence-electron chi connectivity index (χ3n) is 9.46. The molecule has 53 heavy (non-hydrogen) atoms. The molecule has 3 saturated heterocycles. The summed E-state index contributed by atoms with van der Waals surface area (Å²) in [5.41, 5.74) is 2.21. The number of carbonyl (C=O) groups is 3. The van der Waals surface area contributed by atoms with Crippen molar-refractivity contribution in [2.24, 2.45) is 5.92 Å². The number of hydrogen-bond donors (Lipinski definition) is 1. The summed E-state index contributed by atoms with van der Waals surface area (Å²) in [7, 11) is 2.96. The van der Waals surface area contributed by atoms with E-state index in [2.05, 4.69) is 10.2 Å². The number of pyridine rings is 1. The van der Waals surface area contributed by atoms with Gasteiger partial charge in [0.15, 0.2) is 36.5 Å². The molecule has 1 aromatic heterocycles. The van der Waals surface area contributed by atoms with Gasteiger partial charge in [-0.15, -0.1) is 0 Å². The number of halogens is 2. The van der Waals surface area contributed by atoms with Crippen LogP contribution in [0.3, 0.4) is 0 Å². The average Bonchev–Trinajstić information content (AvgIpc) is 3.17. The Morgan fingerprint density at radius 2 is 1.62 bits per heavy atom. The van der Waals surface area contributed by atoms with Crippen LogP contribution in [0.2, 0.25) is 10.0 Å². The molecular weight excluding hydrogens is 725 g/mol. The molecule has 2 unspecified atom stereocenters. The van der Waals surface area contributed by atoms with Crippen LogP contribution in [0.5, 0.6) is 11.5 Å². The van der Waals surface area contributed by atoms with E-state index in [-0.39, 0.29) is 28.1 Å². The van der Waals surface area contributed by atoms with Crippen molar-refractivity contribution in [2.75, 3.05) is 45.8 Å². The van der Waals surface area contributed by atoms with E-state index in [0.717, 1.165) is 44.9 Å². The molecule has 3 fully saturated rings. The van der Waals surface area contributed by atoms with Gasteiger partial charge in [0.2, 0.25) is 0 Å². The van der Waals surface area contributed by atoms with Gasteiger partial charge in [-0.1, -0.05) is 65.7 Å². The van der Waals surface area contributed by atoms with Gasteiger partial charge in [0, 0.05) is 24.2 Å². The molecule has 0 spiro atoms. The van der Waals surface area contributed by atoms with Gasteiger partial charge >= 0.3 is 17.9 Å². The van der Waals surface area contributed by atoms with Gasteiger partial charge in [-0.3, -0.25) is 4.90 Å². The molecule has 3 atom stereocenters. The summed E-state index contributed by atoms with van der Waals surface area (Å²) in [4.78, 5) is 42.3. The van der Waals surface area contributed by atoms with Gasteiger partial charge in [0.1, 0.15) is 22.3 Å². The second-order valence-electron chi connectivity index (χ2n) is 12.8. The number of anilines is 1. The molecule has 3 aromatic carbocycles. The predicted octanol–water partition coefficient (Wildman–Crippen LogP) is 6.12. The maximum absolute atomic E-state index is 13.6. The minimum Gasteiger partial charge on any atom is -0.619 e. The monoisotopic (exact) mass is 763 g/mol. The zero-order chi connectivity index (χ0) is 37.5. The number of benzene rings is 3. The van der Waals surface area contributed by atoms with E-state index in [0.29, 0.717) is 44.5 Å². The third-order valence-corrected chi connectivity index (χ3v) is 10.1. The Hall–Kier alpha value is -5.04. The number of carbonyl (C=O) groups excluding carboxylic acids is 3. The van der Waals surface area contributed by atoms with Crippen LogP contribution in [0.15, 0.2) is 85.2 Å². The SMILES string of the molecule is COc1ccc(C(Cc2c(Cl)c[n+]([O-])cc2Cl)OC(=O)COC(=O)c2cccc(NC(C(=O)O[C@H]3CN4CCC3CC4)c3ccccc3)c2)cc1OC. The molecule has 7 rings (SSSR count). The molecule has 1 N–H and O–H groups in total. The molecule has 0 aliphatic carbocycles. The van der Waals surface area contributed by atoms with E-state index >= 15 is 0 Å². The van der Waals surface area contributed by atoms with Crippen LogP contribution in [-0.2, 0) is 30.2 Å². The normalized spacial score (nSPS) is 18.7. The van der Waals surface area contributed by atoms with E-state index < -0.39 is 36.7 Å². The molecule has 4 heterocycles. The summed E-state index contributed by atoms with van der Waals surface area (Å²) in [5, 5.41) is 15.2. The topological polar surface area (TPSA) is 140 Å². The molecule has 2 bridgehead atoms. The molecule has 0 radical (unpaired) electrons. The maximum atomic E-state index is 13.6. The molecule has 4 aromatic rings. The van der Waals surface area contributed by atoms with Gasteiger partial charge in [0.05, 0.1) is 19.8 Å². The van der Waals surface area contributed by atoms with Crippen LogP contribution in [0.1, 0.15) is 52.0 Å². The summed E-state index contributed by atoms with van der Waals surface area (Å²) in [5.74, 6) is -0.853. The molecule has 0 amide bonds. The first-order valence-corrected chi connectivity index (χ1v) is 17.9. The Bertz CT molecular complexity index is 1920. The summed E-state index contributed by atoms with van der Waals surface area (Å²) in [6, 6.07) is 19.8. The average molecular weight is 765 g/mol. The van der Waals surface area contributed by atoms with Crippen LogP contribution >= 0.6 is 23.2 Å². The lowest BCUT2D eigenvalue weighted by atomic mass is 9.86. The van der Waals surface area contributed by atoms with Crippen LogP contribution in [0, 0.1) is 11.1 Å². The summed E-state index contributed by atoms with van der Waals surface area (Å²) >= 11 is 12.7. The second kappa shape index (κ2) is 17.2. The highest BCUT2D eigenvalue weighted by atomic mass is 35.5. The molecule has 14 heteroatoms. The predicted molar refractivity (Wildman–Crippen MR) is 196 cm³/mol. The number of nitrogens with one attached hydrogen (secondary N) is 1. The lowest BCUT2D eigenvalue weighted by molar-refractivity contribution is -0.605. The zero-order valence-electron chi connectivity index (χ0n) is 29.2. The molecule has 0 saturated carbocycles. The van der Waals surface area contributed by atoms with E-state index in [1.807, 2.05) is 30.3 Å². The first kappa shape index (κ1) is 37.7. The number of piperidine rings is 3. The number of esters is 3. The largest absolute Gasteiger partial charge is 0.619 e. The number of hydrogen-bond acceptors (Lipinski definition) is 11. The zero-order valence-corrected chi connectivity index (χ0v) is 30.7. The highest BCUT2D eigenvalue weighted by Crippen LogP contribution is 2.35. The lowest BCUT2D eigenvalue weighted by Gasteiger charge is -2.44. The molecule has 3 aliphatic rings. The van der Waals surface area contributed by atoms with Crippen molar-refractivity contribution in [3.05, 3.63) is 123 Å². The first-order chi connectivity index (χ1) is 25.6. The highest BCUT2D eigenvalue weighted by molar-refractivity contribution is 6.35. The Kier molecular flexibility index (Phi) is 12.2. The fraction of sp³-hybridized carbons (Fsp3) is 0.333. The van der Waals surface area contributed by atoms with Crippen molar-refractivity contribution in [1.29, 1.82) is 0 Å². The molecule has 12 nitrogen and oxygen atoms in total. The van der Waals surface area contributed by atoms with E-state index in [4.69, 9.17) is 46.9 Å². The molecule has 278 valence electrons. The minimum absolute atomic E-state index is 0.00787. The minimum atomic E-state index is -0.971. The van der Waals surface area contributed by atoms with Gasteiger partial charge in [-0.25, -0.2) is 14.4 Å². The first-order valence-electron chi connectivity index (χ1n) is 17.1. The van der Waals surface area contributed by atoms with E-state index in [1.165, 1.54) is 20.3 Å². The van der Waals surface area contributed by atoms with E-state index in [9.17, 15) is 19.6 Å². The number of ether oxygens (including phenoxy) is 5. The standard InChI is InChI=1S/C39H39Cl2N3O9/c1-49-32-12-11-26(18-34(32)50-2)33(19-29-30(40)20-44(48)21-31(29)41)52-36(45)23-51-38(46)27-9-6-10-28(17-27)42-37(25-7-4-3-5-8-25)39(47)53-35-22-43-15-13-24(35)14-16-43/h3-12,17-18,20-21,24,33,35,37,42H,13-16,19,22-23H2,1-2H3/t33?,35-,37?/m0/s1. The smallest absolute Gasteiger partial charge is 0.344 e. The summed E-state index contributed by atoms with van der Waals surface area (Å²) in [6.45, 7) is 2.07. The van der Waals surface area contributed by atoms with Crippen LogP contribution < -0.4 is 19.5 Å². The highest BCUT2D eigenvalue weighted by Gasteiger charge is 2.38. The lowest BCUT2D eigenvalue weighted by Crippen LogP contribution is -2.52. The summed E-state index contributed by atoms with van der Waals surface area (Å²) in [6.07, 6.45) is 3.15. The van der Waals surface area contributed by atoms with Crippen molar-refractivity contribution in [1.82, 2.24) is 4.90 Å². The number of methoxy groups -OCH3 is 2. The Balaban J connectivity index is 1.13. The number of nitrogens with zero attached hydrogens (tertiary/aromatic N) is 2. The van der Waals surface area contributed by atoms with Gasteiger partial charge in [-0.05, 0) is 73.3 Å². The fourth-order valence-electron chi connectivity index (χ4n) is 6.68. The van der Waals surface area contributed by atoms with Crippen molar-refractivity contribution in [3.8, 4) is 11.5 Å². The van der Waals surface area contributed by atoms with Crippen LogP contribution in [-0.4, -0.2) is 69.4 Å².